The van der Waals surface area contributed by atoms with E-state index >= 15 is 0 Å². The lowest BCUT2D eigenvalue weighted by molar-refractivity contribution is -0.214. The van der Waals surface area contributed by atoms with Gasteiger partial charge in [-0.25, -0.2) is 4.79 Å². The van der Waals surface area contributed by atoms with Gasteiger partial charge in [0.15, 0.2) is 5.79 Å². The molecule has 3 atom stereocenters. The zero-order valence-corrected chi connectivity index (χ0v) is 13.0. The summed E-state index contributed by atoms with van der Waals surface area (Å²) in [6.45, 7) is 8.48. The molecule has 6 heteroatoms. The molecule has 1 saturated carbocycles. The second-order valence-electron chi connectivity index (χ2n) is 6.86. The SMILES string of the molecule is CC(C)(C)OC(=O)NC1CC(CO)C(OC(C)(C)O)C1. The monoisotopic (exact) mass is 289 g/mol. The van der Waals surface area contributed by atoms with E-state index in [0.29, 0.717) is 12.8 Å². The highest BCUT2D eigenvalue weighted by Gasteiger charge is 2.38. The average molecular weight is 289 g/mol. The Hall–Kier alpha value is -0.850. The molecule has 6 nitrogen and oxygen atoms in total. The second kappa shape index (κ2) is 6.28. The highest BCUT2D eigenvalue weighted by atomic mass is 16.6. The zero-order valence-electron chi connectivity index (χ0n) is 13.0. The number of carbonyl (C=O) groups excluding carboxylic acids is 1. The molecule has 0 saturated heterocycles. The molecule has 1 amide bonds. The zero-order chi connectivity index (χ0) is 15.6. The third kappa shape index (κ3) is 6.07. The summed E-state index contributed by atoms with van der Waals surface area (Å²) in [7, 11) is 0. The van der Waals surface area contributed by atoms with E-state index in [9.17, 15) is 15.0 Å². The first-order valence-corrected chi connectivity index (χ1v) is 7.01. The van der Waals surface area contributed by atoms with E-state index in [0.717, 1.165) is 0 Å². The highest BCUT2D eigenvalue weighted by molar-refractivity contribution is 5.68. The second-order valence-corrected chi connectivity index (χ2v) is 6.86. The highest BCUT2D eigenvalue weighted by Crippen LogP contribution is 2.31. The molecular formula is C14H27NO5. The molecule has 0 radical (unpaired) electrons. The molecule has 0 bridgehead atoms. The van der Waals surface area contributed by atoms with Crippen LogP contribution < -0.4 is 5.32 Å². The first-order valence-electron chi connectivity index (χ1n) is 7.01. The minimum Gasteiger partial charge on any atom is -0.444 e. The molecule has 0 heterocycles. The van der Waals surface area contributed by atoms with Crippen LogP contribution in [-0.4, -0.2) is 46.4 Å². The van der Waals surface area contributed by atoms with Gasteiger partial charge >= 0.3 is 6.09 Å². The van der Waals surface area contributed by atoms with Crippen LogP contribution in [0.5, 0.6) is 0 Å². The number of amides is 1. The number of hydrogen-bond donors (Lipinski definition) is 3. The molecule has 3 unspecified atom stereocenters. The Balaban J connectivity index is 2.52. The maximum absolute atomic E-state index is 11.7. The quantitative estimate of drug-likeness (QED) is 0.681. The third-order valence-corrected chi connectivity index (χ3v) is 3.03. The fourth-order valence-corrected chi connectivity index (χ4v) is 2.39. The van der Waals surface area contributed by atoms with Gasteiger partial charge < -0.3 is 25.0 Å². The van der Waals surface area contributed by atoms with Crippen LogP contribution in [0.25, 0.3) is 0 Å². The van der Waals surface area contributed by atoms with Crippen LogP contribution in [-0.2, 0) is 9.47 Å². The van der Waals surface area contributed by atoms with Crippen molar-refractivity contribution in [1.29, 1.82) is 0 Å². The minimum absolute atomic E-state index is 0.0345. The van der Waals surface area contributed by atoms with E-state index in [1.165, 1.54) is 0 Å². The van der Waals surface area contributed by atoms with Crippen molar-refractivity contribution in [3.8, 4) is 0 Å². The Morgan fingerprint density at radius 2 is 1.85 bits per heavy atom. The summed E-state index contributed by atoms with van der Waals surface area (Å²) < 4.78 is 10.7. The largest absolute Gasteiger partial charge is 0.444 e. The predicted octanol–water partition coefficient (Wildman–Crippen LogP) is 1.40. The molecule has 0 aliphatic heterocycles. The Bertz CT molecular complexity index is 331. The summed E-state index contributed by atoms with van der Waals surface area (Å²) in [5, 5.41) is 21.8. The molecule has 1 fully saturated rings. The van der Waals surface area contributed by atoms with Gasteiger partial charge in [0.25, 0.3) is 0 Å². The number of aliphatic hydroxyl groups is 2. The summed E-state index contributed by atoms with van der Waals surface area (Å²) in [5.74, 6) is -1.35. The van der Waals surface area contributed by atoms with Gasteiger partial charge in [-0.1, -0.05) is 0 Å². The van der Waals surface area contributed by atoms with Crippen LogP contribution in [0.1, 0.15) is 47.5 Å². The van der Waals surface area contributed by atoms with E-state index in [2.05, 4.69) is 5.32 Å². The van der Waals surface area contributed by atoms with Crippen molar-refractivity contribution in [2.24, 2.45) is 5.92 Å². The van der Waals surface area contributed by atoms with Crippen molar-refractivity contribution in [3.05, 3.63) is 0 Å². The molecule has 118 valence electrons. The Kier molecular flexibility index (Phi) is 5.40. The van der Waals surface area contributed by atoms with Crippen LogP contribution in [0.3, 0.4) is 0 Å². The molecule has 0 aromatic heterocycles. The van der Waals surface area contributed by atoms with Gasteiger partial charge in [0.2, 0.25) is 0 Å². The normalized spacial score (nSPS) is 27.4. The van der Waals surface area contributed by atoms with Crippen molar-refractivity contribution >= 4 is 6.09 Å². The molecule has 0 aromatic rings. The van der Waals surface area contributed by atoms with Crippen LogP contribution in [0, 0.1) is 5.92 Å². The molecule has 1 aliphatic rings. The molecule has 1 rings (SSSR count). The standard InChI is InChI=1S/C14H27NO5/c1-13(2,3)20-12(17)15-10-6-9(8-16)11(7-10)19-14(4,5)18/h9-11,16,18H,6-8H2,1-5H3,(H,15,17). The molecule has 1 aliphatic carbocycles. The van der Waals surface area contributed by atoms with Gasteiger partial charge in [-0.2, -0.15) is 0 Å². The Morgan fingerprint density at radius 3 is 2.30 bits per heavy atom. The summed E-state index contributed by atoms with van der Waals surface area (Å²) >= 11 is 0. The van der Waals surface area contributed by atoms with Gasteiger partial charge in [-0.15, -0.1) is 0 Å². The maximum atomic E-state index is 11.7. The van der Waals surface area contributed by atoms with Crippen molar-refractivity contribution in [3.63, 3.8) is 0 Å². The number of alkyl carbamates (subject to hydrolysis) is 1. The topological polar surface area (TPSA) is 88.0 Å². The molecule has 0 spiro atoms. The fraction of sp³-hybridized carbons (Fsp3) is 0.929. The number of hydrogen-bond acceptors (Lipinski definition) is 5. The lowest BCUT2D eigenvalue weighted by Crippen LogP contribution is -2.38. The van der Waals surface area contributed by atoms with E-state index in [1.807, 2.05) is 0 Å². The lowest BCUT2D eigenvalue weighted by Gasteiger charge is -2.26. The first kappa shape index (κ1) is 17.2. The number of nitrogens with one attached hydrogen (secondary N) is 1. The van der Waals surface area contributed by atoms with Crippen LogP contribution >= 0.6 is 0 Å². The van der Waals surface area contributed by atoms with Crippen molar-refractivity contribution < 1.29 is 24.5 Å². The molecule has 3 N–H and O–H groups in total. The van der Waals surface area contributed by atoms with E-state index in [1.54, 1.807) is 34.6 Å². The minimum atomic E-state index is -1.25. The van der Waals surface area contributed by atoms with E-state index in [-0.39, 0.29) is 24.7 Å². The van der Waals surface area contributed by atoms with Crippen molar-refractivity contribution in [2.75, 3.05) is 6.61 Å². The van der Waals surface area contributed by atoms with Gasteiger partial charge in [-0.3, -0.25) is 0 Å². The van der Waals surface area contributed by atoms with Crippen molar-refractivity contribution in [2.45, 2.75) is 71.0 Å². The first-order chi connectivity index (χ1) is 9.00. The van der Waals surface area contributed by atoms with Crippen LogP contribution in [0.2, 0.25) is 0 Å². The smallest absolute Gasteiger partial charge is 0.407 e. The van der Waals surface area contributed by atoms with Gasteiger partial charge in [0.05, 0.1) is 6.10 Å². The van der Waals surface area contributed by atoms with E-state index < -0.39 is 17.5 Å². The number of ether oxygens (including phenoxy) is 2. The molecule has 0 aromatic carbocycles. The summed E-state index contributed by atoms with van der Waals surface area (Å²) in [4.78, 5) is 11.7. The lowest BCUT2D eigenvalue weighted by atomic mass is 10.1. The Morgan fingerprint density at radius 1 is 1.25 bits per heavy atom. The van der Waals surface area contributed by atoms with Crippen molar-refractivity contribution in [1.82, 2.24) is 5.32 Å². The Labute approximate surface area is 120 Å². The van der Waals surface area contributed by atoms with Crippen LogP contribution in [0.15, 0.2) is 0 Å². The van der Waals surface area contributed by atoms with Gasteiger partial charge in [0.1, 0.15) is 5.60 Å². The summed E-state index contributed by atoms with van der Waals surface area (Å²) in [6.07, 6.45) is 0.410. The number of rotatable bonds is 4. The van der Waals surface area contributed by atoms with Gasteiger partial charge in [-0.05, 0) is 47.5 Å². The van der Waals surface area contributed by atoms with E-state index in [4.69, 9.17) is 9.47 Å². The summed E-state index contributed by atoms with van der Waals surface area (Å²) in [6, 6.07) is -0.116. The maximum Gasteiger partial charge on any atom is 0.407 e. The predicted molar refractivity (Wildman–Crippen MR) is 74.1 cm³/mol. The number of aliphatic hydroxyl groups excluding tert-OH is 1. The van der Waals surface area contributed by atoms with Crippen LogP contribution in [0.4, 0.5) is 4.79 Å². The average Bonchev–Trinajstić information content (AvgIpc) is 2.53. The third-order valence-electron chi connectivity index (χ3n) is 3.03. The molecule has 20 heavy (non-hydrogen) atoms. The fourth-order valence-electron chi connectivity index (χ4n) is 2.39. The number of carbonyl (C=O) groups is 1. The summed E-state index contributed by atoms with van der Waals surface area (Å²) in [5.41, 5.74) is -0.540. The molecular weight excluding hydrogens is 262 g/mol. The van der Waals surface area contributed by atoms with Gasteiger partial charge in [0, 0.05) is 18.6 Å².